The van der Waals surface area contributed by atoms with Crippen LogP contribution in [0.15, 0.2) is 42.9 Å². The SMILES string of the molecule is CC(N)C(=O)NC(Cc1ccccc1)C(=O)NCC(=O)NC(Cc1cnc[nH]1)C(=O)O. The van der Waals surface area contributed by atoms with Gasteiger partial charge in [0.05, 0.1) is 18.9 Å². The fourth-order valence-electron chi connectivity index (χ4n) is 2.71. The maximum Gasteiger partial charge on any atom is 0.326 e. The first-order valence-electron chi connectivity index (χ1n) is 9.63. The molecule has 11 nitrogen and oxygen atoms in total. The molecule has 3 atom stereocenters. The molecule has 0 aliphatic carbocycles. The Balaban J connectivity index is 1.95. The zero-order chi connectivity index (χ0) is 22.8. The van der Waals surface area contributed by atoms with E-state index in [9.17, 15) is 24.3 Å². The molecule has 3 amide bonds. The first-order chi connectivity index (χ1) is 14.8. The predicted octanol–water partition coefficient (Wildman–Crippen LogP) is -1.29. The van der Waals surface area contributed by atoms with Crippen LogP contribution in [0.5, 0.6) is 0 Å². The number of nitrogens with one attached hydrogen (secondary N) is 4. The minimum atomic E-state index is -1.22. The summed E-state index contributed by atoms with van der Waals surface area (Å²) in [7, 11) is 0. The van der Waals surface area contributed by atoms with Gasteiger partial charge in [-0.1, -0.05) is 30.3 Å². The Morgan fingerprint density at radius 2 is 1.77 bits per heavy atom. The van der Waals surface area contributed by atoms with Crippen LogP contribution in [0.25, 0.3) is 0 Å². The number of aromatic amines is 1. The summed E-state index contributed by atoms with van der Waals surface area (Å²) in [5, 5.41) is 16.7. The van der Waals surface area contributed by atoms with Crippen molar-refractivity contribution in [1.29, 1.82) is 0 Å². The van der Waals surface area contributed by atoms with Crippen molar-refractivity contribution in [2.24, 2.45) is 5.73 Å². The topological polar surface area (TPSA) is 179 Å². The molecule has 2 rings (SSSR count). The number of carboxylic acid groups (broad SMARTS) is 1. The highest BCUT2D eigenvalue weighted by Crippen LogP contribution is 2.04. The van der Waals surface area contributed by atoms with E-state index >= 15 is 0 Å². The van der Waals surface area contributed by atoms with Gasteiger partial charge in [0.25, 0.3) is 0 Å². The molecule has 0 bridgehead atoms. The molecule has 1 heterocycles. The fourth-order valence-corrected chi connectivity index (χ4v) is 2.71. The predicted molar refractivity (Wildman–Crippen MR) is 111 cm³/mol. The molecule has 3 unspecified atom stereocenters. The van der Waals surface area contributed by atoms with Crippen molar-refractivity contribution in [3.05, 3.63) is 54.1 Å². The number of nitrogens with two attached hydrogens (primary N) is 1. The lowest BCUT2D eigenvalue weighted by Crippen LogP contribution is -2.54. The number of carboxylic acids is 1. The van der Waals surface area contributed by atoms with E-state index in [4.69, 9.17) is 5.73 Å². The summed E-state index contributed by atoms with van der Waals surface area (Å²) in [6, 6.07) is 6.08. The van der Waals surface area contributed by atoms with E-state index in [1.165, 1.54) is 19.4 Å². The zero-order valence-electron chi connectivity index (χ0n) is 17.0. The van der Waals surface area contributed by atoms with E-state index in [-0.39, 0.29) is 12.8 Å². The van der Waals surface area contributed by atoms with Gasteiger partial charge >= 0.3 is 5.97 Å². The molecule has 1 aromatic carbocycles. The van der Waals surface area contributed by atoms with Crippen LogP contribution < -0.4 is 21.7 Å². The van der Waals surface area contributed by atoms with Crippen LogP contribution in [0.1, 0.15) is 18.2 Å². The third-order valence-corrected chi connectivity index (χ3v) is 4.36. The minimum Gasteiger partial charge on any atom is -0.480 e. The summed E-state index contributed by atoms with van der Waals surface area (Å²) in [6.45, 7) is 1.04. The molecule has 0 aliphatic rings. The van der Waals surface area contributed by atoms with Crippen molar-refractivity contribution in [1.82, 2.24) is 25.9 Å². The minimum absolute atomic E-state index is 0.0100. The first-order valence-corrected chi connectivity index (χ1v) is 9.63. The molecule has 1 aromatic heterocycles. The number of rotatable bonds is 11. The fraction of sp³-hybridized carbons (Fsp3) is 0.350. The molecule has 0 spiro atoms. The number of imidazole rings is 1. The highest BCUT2D eigenvalue weighted by Gasteiger charge is 2.25. The summed E-state index contributed by atoms with van der Waals surface area (Å²) < 4.78 is 0. The van der Waals surface area contributed by atoms with Gasteiger partial charge in [-0.25, -0.2) is 9.78 Å². The second kappa shape index (κ2) is 11.5. The van der Waals surface area contributed by atoms with Crippen molar-refractivity contribution in [2.45, 2.75) is 37.9 Å². The number of hydrogen-bond acceptors (Lipinski definition) is 6. The van der Waals surface area contributed by atoms with Gasteiger partial charge < -0.3 is 31.8 Å². The molecule has 0 saturated heterocycles. The van der Waals surface area contributed by atoms with Crippen molar-refractivity contribution in [3.8, 4) is 0 Å². The second-order valence-corrected chi connectivity index (χ2v) is 7.00. The van der Waals surface area contributed by atoms with Crippen molar-refractivity contribution in [3.63, 3.8) is 0 Å². The quantitative estimate of drug-likeness (QED) is 0.257. The van der Waals surface area contributed by atoms with Crippen molar-refractivity contribution < 1.29 is 24.3 Å². The monoisotopic (exact) mass is 430 g/mol. The van der Waals surface area contributed by atoms with Gasteiger partial charge in [0.2, 0.25) is 17.7 Å². The maximum absolute atomic E-state index is 12.6. The van der Waals surface area contributed by atoms with E-state index < -0.39 is 48.4 Å². The summed E-state index contributed by atoms with van der Waals surface area (Å²) in [5.41, 5.74) is 6.92. The molecular weight excluding hydrogens is 404 g/mol. The summed E-state index contributed by atoms with van der Waals surface area (Å²) in [5.74, 6) is -3.00. The van der Waals surface area contributed by atoms with Gasteiger partial charge in [0.15, 0.2) is 0 Å². The van der Waals surface area contributed by atoms with Crippen LogP contribution in [0.3, 0.4) is 0 Å². The largest absolute Gasteiger partial charge is 0.480 e. The standard InChI is InChI=1S/C20H26N6O5/c1-12(21)18(28)26-15(7-13-5-3-2-4-6-13)19(29)23-10-17(27)25-16(20(30)31)8-14-9-22-11-24-14/h2-6,9,11-12,15-16H,7-8,10,21H2,1H3,(H,22,24)(H,23,29)(H,25,27)(H,26,28)(H,30,31). The number of aliphatic carboxylic acids is 1. The normalized spacial score (nSPS) is 13.5. The van der Waals surface area contributed by atoms with Crippen LogP contribution in [0, 0.1) is 0 Å². The van der Waals surface area contributed by atoms with Gasteiger partial charge in [0.1, 0.15) is 12.1 Å². The molecule has 2 aromatic rings. The van der Waals surface area contributed by atoms with Crippen LogP contribution in [0.2, 0.25) is 0 Å². The van der Waals surface area contributed by atoms with Gasteiger partial charge in [0, 0.05) is 24.7 Å². The lowest BCUT2D eigenvalue weighted by atomic mass is 10.0. The van der Waals surface area contributed by atoms with E-state index in [1.807, 2.05) is 6.07 Å². The van der Waals surface area contributed by atoms with Gasteiger partial charge in [-0.3, -0.25) is 14.4 Å². The highest BCUT2D eigenvalue weighted by atomic mass is 16.4. The molecule has 7 N–H and O–H groups in total. The Hall–Kier alpha value is -3.73. The number of benzene rings is 1. The summed E-state index contributed by atoms with van der Waals surface area (Å²) >= 11 is 0. The number of H-pyrrole nitrogens is 1. The van der Waals surface area contributed by atoms with Crippen molar-refractivity contribution in [2.75, 3.05) is 6.54 Å². The van der Waals surface area contributed by atoms with E-state index in [0.29, 0.717) is 5.69 Å². The smallest absolute Gasteiger partial charge is 0.326 e. The van der Waals surface area contributed by atoms with E-state index in [0.717, 1.165) is 5.56 Å². The lowest BCUT2D eigenvalue weighted by Gasteiger charge is -2.20. The van der Waals surface area contributed by atoms with Crippen LogP contribution in [-0.4, -0.2) is 63.4 Å². The molecule has 11 heteroatoms. The van der Waals surface area contributed by atoms with Gasteiger partial charge in [-0.05, 0) is 12.5 Å². The number of aromatic nitrogens is 2. The van der Waals surface area contributed by atoms with Gasteiger partial charge in [-0.15, -0.1) is 0 Å². The molecule has 0 radical (unpaired) electrons. The Labute approximate surface area is 178 Å². The Bertz CT molecular complexity index is 885. The number of carbonyl (C=O) groups excluding carboxylic acids is 3. The third kappa shape index (κ3) is 7.90. The molecule has 0 aliphatic heterocycles. The Morgan fingerprint density at radius 3 is 2.35 bits per heavy atom. The lowest BCUT2D eigenvalue weighted by molar-refractivity contribution is -0.141. The first kappa shape index (κ1) is 23.5. The summed E-state index contributed by atoms with van der Waals surface area (Å²) in [4.78, 5) is 54.7. The van der Waals surface area contributed by atoms with Crippen LogP contribution >= 0.6 is 0 Å². The van der Waals surface area contributed by atoms with E-state index in [2.05, 4.69) is 25.9 Å². The molecule has 0 fully saturated rings. The Kier molecular flexibility index (Phi) is 8.70. The van der Waals surface area contributed by atoms with Crippen LogP contribution in [-0.2, 0) is 32.0 Å². The molecular formula is C20H26N6O5. The number of amides is 3. The average molecular weight is 430 g/mol. The number of carbonyl (C=O) groups is 4. The van der Waals surface area contributed by atoms with Gasteiger partial charge in [-0.2, -0.15) is 0 Å². The maximum atomic E-state index is 12.6. The Morgan fingerprint density at radius 1 is 1.06 bits per heavy atom. The summed E-state index contributed by atoms with van der Waals surface area (Å²) in [6.07, 6.45) is 3.07. The number of hydrogen-bond donors (Lipinski definition) is 6. The number of nitrogens with zero attached hydrogens (tertiary/aromatic N) is 1. The molecule has 31 heavy (non-hydrogen) atoms. The average Bonchev–Trinajstić information content (AvgIpc) is 3.24. The van der Waals surface area contributed by atoms with E-state index in [1.54, 1.807) is 24.3 Å². The zero-order valence-corrected chi connectivity index (χ0v) is 17.0. The third-order valence-electron chi connectivity index (χ3n) is 4.36. The molecule has 166 valence electrons. The second-order valence-electron chi connectivity index (χ2n) is 7.00. The molecule has 0 saturated carbocycles. The van der Waals surface area contributed by atoms with Crippen molar-refractivity contribution >= 4 is 23.7 Å². The highest BCUT2D eigenvalue weighted by molar-refractivity contribution is 5.92. The van der Waals surface area contributed by atoms with Crippen LogP contribution in [0.4, 0.5) is 0 Å².